The van der Waals surface area contributed by atoms with Gasteiger partial charge in [-0.15, -0.1) is 0 Å². The summed E-state index contributed by atoms with van der Waals surface area (Å²) in [4.78, 5) is 24.6. The molecule has 0 amide bonds. The molecule has 2 N–H and O–H groups in total. The lowest BCUT2D eigenvalue weighted by molar-refractivity contribution is -0.143. The van der Waals surface area contributed by atoms with Crippen LogP contribution >= 0.6 is 0 Å². The molecule has 0 atom stereocenters. The standard InChI is InChI=1S/C25H23F4N5O2/c1-14(2)36-19-9-15(8-18(35)3-5-25(27,28)29)7-17(10-19)21-13-31-22-11-16(4-6-34(21)22)24-32-12-20(26)23(30)33-24/h4,6-7,9-14H,3,5,8H2,1-2H3,(H2,30,32,33). The predicted molar refractivity (Wildman–Crippen MR) is 126 cm³/mol. The van der Waals surface area contributed by atoms with Gasteiger partial charge in [0.1, 0.15) is 17.2 Å². The number of Topliss-reactive ketones (excluding diaryl/α,β-unsaturated/α-hetero) is 1. The number of nitrogen functional groups attached to an aromatic ring is 1. The minimum atomic E-state index is -4.39. The molecule has 188 valence electrons. The molecule has 1 aromatic carbocycles. The number of imidazole rings is 1. The smallest absolute Gasteiger partial charge is 0.389 e. The summed E-state index contributed by atoms with van der Waals surface area (Å²) in [5.41, 5.74) is 8.57. The molecule has 4 aromatic rings. The molecule has 0 radical (unpaired) electrons. The summed E-state index contributed by atoms with van der Waals surface area (Å²) in [5, 5.41) is 0. The number of aromatic nitrogens is 4. The van der Waals surface area contributed by atoms with Crippen molar-refractivity contribution in [3.8, 4) is 28.4 Å². The number of nitrogens with zero attached hydrogens (tertiary/aromatic N) is 4. The molecule has 0 aliphatic rings. The second-order valence-corrected chi connectivity index (χ2v) is 8.58. The van der Waals surface area contributed by atoms with Crippen molar-refractivity contribution < 1.29 is 27.1 Å². The third-order valence-corrected chi connectivity index (χ3v) is 5.27. The zero-order valence-electron chi connectivity index (χ0n) is 19.5. The zero-order valence-corrected chi connectivity index (χ0v) is 19.5. The first-order valence-corrected chi connectivity index (χ1v) is 11.1. The predicted octanol–water partition coefficient (Wildman–Crippen LogP) is 5.42. The normalized spacial score (nSPS) is 11.9. The van der Waals surface area contributed by atoms with Gasteiger partial charge in [0.2, 0.25) is 0 Å². The van der Waals surface area contributed by atoms with Crippen molar-refractivity contribution >= 4 is 17.2 Å². The number of halogens is 4. The molecule has 3 aromatic heterocycles. The van der Waals surface area contributed by atoms with Crippen molar-refractivity contribution in [2.45, 2.75) is 45.4 Å². The van der Waals surface area contributed by atoms with E-state index in [1.807, 2.05) is 13.8 Å². The average Bonchev–Trinajstić information content (AvgIpc) is 3.22. The quantitative estimate of drug-likeness (QED) is 0.324. The van der Waals surface area contributed by atoms with Crippen molar-refractivity contribution in [3.63, 3.8) is 0 Å². The number of anilines is 1. The fourth-order valence-corrected chi connectivity index (χ4v) is 3.70. The third kappa shape index (κ3) is 5.96. The number of hydrogen-bond acceptors (Lipinski definition) is 6. The molecule has 0 fully saturated rings. The van der Waals surface area contributed by atoms with Crippen LogP contribution in [0.1, 0.15) is 32.3 Å². The Balaban J connectivity index is 1.68. The van der Waals surface area contributed by atoms with Crippen LogP contribution in [0.5, 0.6) is 5.75 Å². The zero-order chi connectivity index (χ0) is 26.0. The second-order valence-electron chi connectivity index (χ2n) is 8.58. The Kier molecular flexibility index (Phi) is 6.91. The van der Waals surface area contributed by atoms with Crippen LogP contribution in [-0.4, -0.2) is 37.4 Å². The monoisotopic (exact) mass is 501 g/mol. The van der Waals surface area contributed by atoms with Gasteiger partial charge in [-0.05, 0) is 49.7 Å². The van der Waals surface area contributed by atoms with Gasteiger partial charge in [0.05, 0.1) is 30.6 Å². The highest BCUT2D eigenvalue weighted by molar-refractivity contribution is 5.81. The summed E-state index contributed by atoms with van der Waals surface area (Å²) in [6.07, 6.45) is -2.06. The van der Waals surface area contributed by atoms with Gasteiger partial charge >= 0.3 is 6.18 Å². The number of fused-ring (bicyclic) bond motifs is 1. The Morgan fingerprint density at radius 2 is 1.89 bits per heavy atom. The second kappa shape index (κ2) is 9.92. The summed E-state index contributed by atoms with van der Waals surface area (Å²) >= 11 is 0. The fraction of sp³-hybridized carbons (Fsp3) is 0.280. The SMILES string of the molecule is CC(C)Oc1cc(CC(=O)CCC(F)(F)F)cc(-c2cnc3cc(-c4ncc(F)c(N)n4)ccn23)c1. The first-order chi connectivity index (χ1) is 17.0. The fourth-order valence-electron chi connectivity index (χ4n) is 3.70. The highest BCUT2D eigenvalue weighted by atomic mass is 19.4. The molecule has 0 aliphatic carbocycles. The van der Waals surface area contributed by atoms with Crippen LogP contribution < -0.4 is 10.5 Å². The van der Waals surface area contributed by atoms with E-state index in [-0.39, 0.29) is 24.2 Å². The lowest BCUT2D eigenvalue weighted by atomic mass is 10.0. The van der Waals surface area contributed by atoms with Crippen LogP contribution in [0, 0.1) is 5.82 Å². The van der Waals surface area contributed by atoms with Crippen LogP contribution in [0.4, 0.5) is 23.4 Å². The van der Waals surface area contributed by atoms with Crippen LogP contribution in [0.2, 0.25) is 0 Å². The van der Waals surface area contributed by atoms with E-state index in [4.69, 9.17) is 10.5 Å². The molecule has 3 heterocycles. The Hall–Kier alpha value is -4.02. The minimum Gasteiger partial charge on any atom is -0.491 e. The van der Waals surface area contributed by atoms with Gasteiger partial charge in [-0.2, -0.15) is 13.2 Å². The van der Waals surface area contributed by atoms with E-state index in [9.17, 15) is 22.4 Å². The van der Waals surface area contributed by atoms with Crippen LogP contribution in [0.25, 0.3) is 28.3 Å². The van der Waals surface area contributed by atoms with Gasteiger partial charge < -0.3 is 10.5 Å². The van der Waals surface area contributed by atoms with E-state index in [0.29, 0.717) is 33.8 Å². The Morgan fingerprint density at radius 1 is 1.11 bits per heavy atom. The highest BCUT2D eigenvalue weighted by Crippen LogP contribution is 2.30. The van der Waals surface area contributed by atoms with Crippen molar-refractivity contribution in [2.24, 2.45) is 0 Å². The van der Waals surface area contributed by atoms with E-state index in [1.165, 1.54) is 0 Å². The summed E-state index contributed by atoms with van der Waals surface area (Å²) in [6, 6.07) is 8.62. The van der Waals surface area contributed by atoms with Crippen LogP contribution in [0.15, 0.2) is 48.9 Å². The van der Waals surface area contributed by atoms with E-state index in [2.05, 4.69) is 15.0 Å². The van der Waals surface area contributed by atoms with E-state index >= 15 is 0 Å². The lowest BCUT2D eigenvalue weighted by Crippen LogP contribution is -2.12. The largest absolute Gasteiger partial charge is 0.491 e. The van der Waals surface area contributed by atoms with Crippen LogP contribution in [0.3, 0.4) is 0 Å². The maximum atomic E-state index is 13.4. The summed E-state index contributed by atoms with van der Waals surface area (Å²) < 4.78 is 58.6. The number of ether oxygens (including phenoxy) is 1. The highest BCUT2D eigenvalue weighted by Gasteiger charge is 2.28. The molecule has 0 saturated carbocycles. The van der Waals surface area contributed by atoms with Gasteiger partial charge in [0.25, 0.3) is 0 Å². The number of hydrogen-bond donors (Lipinski definition) is 1. The summed E-state index contributed by atoms with van der Waals surface area (Å²) in [5.74, 6) is -0.751. The first-order valence-electron chi connectivity index (χ1n) is 11.1. The van der Waals surface area contributed by atoms with E-state index in [1.54, 1.807) is 47.1 Å². The number of rotatable bonds is 8. The number of carbonyl (C=O) groups is 1. The van der Waals surface area contributed by atoms with Crippen molar-refractivity contribution in [1.82, 2.24) is 19.4 Å². The molecule has 4 rings (SSSR count). The van der Waals surface area contributed by atoms with E-state index < -0.39 is 30.6 Å². The van der Waals surface area contributed by atoms with Crippen molar-refractivity contribution in [2.75, 3.05) is 5.73 Å². The van der Waals surface area contributed by atoms with Crippen molar-refractivity contribution in [3.05, 3.63) is 60.3 Å². The van der Waals surface area contributed by atoms with Gasteiger partial charge in [0, 0.05) is 30.2 Å². The summed E-state index contributed by atoms with van der Waals surface area (Å²) in [6.45, 7) is 3.70. The Morgan fingerprint density at radius 3 is 2.58 bits per heavy atom. The number of alkyl halides is 3. The third-order valence-electron chi connectivity index (χ3n) is 5.27. The molecular weight excluding hydrogens is 478 g/mol. The molecule has 0 spiro atoms. The van der Waals surface area contributed by atoms with Crippen molar-refractivity contribution in [1.29, 1.82) is 0 Å². The van der Waals surface area contributed by atoms with Gasteiger partial charge in [-0.1, -0.05) is 0 Å². The number of nitrogens with two attached hydrogens (primary N) is 1. The maximum Gasteiger partial charge on any atom is 0.389 e. The van der Waals surface area contributed by atoms with Gasteiger partial charge in [-0.3, -0.25) is 9.20 Å². The van der Waals surface area contributed by atoms with Crippen LogP contribution in [-0.2, 0) is 11.2 Å². The Labute approximate surface area is 204 Å². The molecule has 7 nitrogen and oxygen atoms in total. The molecule has 36 heavy (non-hydrogen) atoms. The molecular formula is C25H23F4N5O2. The number of benzene rings is 1. The molecule has 0 saturated heterocycles. The number of pyridine rings is 1. The van der Waals surface area contributed by atoms with Gasteiger partial charge in [0.15, 0.2) is 17.5 Å². The minimum absolute atomic E-state index is 0.150. The molecule has 0 aliphatic heterocycles. The summed E-state index contributed by atoms with van der Waals surface area (Å²) in [7, 11) is 0. The van der Waals surface area contributed by atoms with Gasteiger partial charge in [-0.25, -0.2) is 19.3 Å². The average molecular weight is 501 g/mol. The number of carbonyl (C=O) groups excluding carboxylic acids is 1. The lowest BCUT2D eigenvalue weighted by Gasteiger charge is -2.14. The number of ketones is 1. The maximum absolute atomic E-state index is 13.4. The molecule has 11 heteroatoms. The Bertz CT molecular complexity index is 1420. The molecule has 0 bridgehead atoms. The topological polar surface area (TPSA) is 95.4 Å². The van der Waals surface area contributed by atoms with E-state index in [0.717, 1.165) is 6.20 Å². The first kappa shape index (κ1) is 25.1. The molecule has 0 unspecified atom stereocenters.